The van der Waals surface area contributed by atoms with Crippen molar-refractivity contribution in [2.24, 2.45) is 0 Å². The van der Waals surface area contributed by atoms with Crippen molar-refractivity contribution in [2.75, 3.05) is 7.11 Å². The number of carbonyl (C=O) groups is 1. The first-order valence-electron chi connectivity index (χ1n) is 7.00. The molecule has 0 saturated heterocycles. The van der Waals surface area contributed by atoms with Gasteiger partial charge in [-0.3, -0.25) is 4.79 Å². The molecule has 1 heterocycles. The first kappa shape index (κ1) is 15.5. The molecule has 1 atom stereocenters. The van der Waals surface area contributed by atoms with Crippen molar-refractivity contribution >= 4 is 17.4 Å². The number of aromatic hydroxyl groups is 2. The second-order valence-electron chi connectivity index (χ2n) is 5.45. The van der Waals surface area contributed by atoms with Crippen LogP contribution in [0.15, 0.2) is 24.3 Å². The number of ether oxygens (including phenoxy) is 2. The Morgan fingerprint density at radius 1 is 1.26 bits per heavy atom. The number of aryl methyl sites for hydroxylation is 1. The van der Waals surface area contributed by atoms with Gasteiger partial charge in [-0.25, -0.2) is 0 Å². The Morgan fingerprint density at radius 3 is 2.65 bits per heavy atom. The van der Waals surface area contributed by atoms with Gasteiger partial charge in [-0.05, 0) is 30.2 Å². The van der Waals surface area contributed by atoms with E-state index in [0.717, 1.165) is 11.1 Å². The second kappa shape index (κ2) is 5.66. The number of halogens is 1. The fourth-order valence-corrected chi connectivity index (χ4v) is 3.04. The van der Waals surface area contributed by atoms with Crippen LogP contribution in [0, 0.1) is 6.92 Å². The third-order valence-corrected chi connectivity index (χ3v) is 3.98. The summed E-state index contributed by atoms with van der Waals surface area (Å²) in [7, 11) is 1.35. The SMILES string of the molecule is COc1cc(O)c2c(c1O)OC(c1cc(C)cc(Cl)c1)CC2=O. The van der Waals surface area contributed by atoms with Gasteiger partial charge in [-0.2, -0.15) is 0 Å². The standard InChI is InChI=1S/C17H15ClO5/c1-8-3-9(5-10(18)4-8)13-6-11(19)15-12(20)7-14(22-2)16(21)17(15)23-13/h3-5,7,13,20-21H,6H2,1-2H3. The lowest BCUT2D eigenvalue weighted by molar-refractivity contribution is 0.0836. The van der Waals surface area contributed by atoms with Crippen LogP contribution in [-0.4, -0.2) is 23.1 Å². The summed E-state index contributed by atoms with van der Waals surface area (Å²) in [5.41, 5.74) is 1.64. The average Bonchev–Trinajstić information content (AvgIpc) is 2.49. The molecule has 0 aromatic heterocycles. The molecule has 0 aliphatic carbocycles. The zero-order chi connectivity index (χ0) is 16.7. The minimum Gasteiger partial charge on any atom is -0.507 e. The highest BCUT2D eigenvalue weighted by molar-refractivity contribution is 6.30. The number of benzene rings is 2. The van der Waals surface area contributed by atoms with Crippen LogP contribution < -0.4 is 9.47 Å². The van der Waals surface area contributed by atoms with Crippen molar-refractivity contribution in [2.45, 2.75) is 19.4 Å². The monoisotopic (exact) mass is 334 g/mol. The van der Waals surface area contributed by atoms with E-state index in [0.29, 0.717) is 5.02 Å². The fourth-order valence-electron chi connectivity index (χ4n) is 2.74. The number of rotatable bonds is 2. The number of fused-ring (bicyclic) bond motifs is 1. The Morgan fingerprint density at radius 2 is 2.00 bits per heavy atom. The Bertz CT molecular complexity index is 780. The number of phenolic OH excluding ortho intramolecular Hbond substituents is 2. The van der Waals surface area contributed by atoms with Crippen molar-refractivity contribution in [3.05, 3.63) is 46.0 Å². The van der Waals surface area contributed by atoms with E-state index in [1.807, 2.05) is 13.0 Å². The molecule has 1 aliphatic rings. The van der Waals surface area contributed by atoms with E-state index in [1.54, 1.807) is 12.1 Å². The van der Waals surface area contributed by atoms with Gasteiger partial charge in [-0.15, -0.1) is 0 Å². The number of methoxy groups -OCH3 is 1. The van der Waals surface area contributed by atoms with E-state index in [-0.39, 0.29) is 40.8 Å². The zero-order valence-electron chi connectivity index (χ0n) is 12.6. The number of hydrogen-bond acceptors (Lipinski definition) is 5. The highest BCUT2D eigenvalue weighted by atomic mass is 35.5. The smallest absolute Gasteiger partial charge is 0.201 e. The molecule has 5 nitrogen and oxygen atoms in total. The van der Waals surface area contributed by atoms with Crippen LogP contribution in [-0.2, 0) is 0 Å². The molecule has 0 fully saturated rings. The largest absolute Gasteiger partial charge is 0.507 e. The van der Waals surface area contributed by atoms with Gasteiger partial charge in [0.15, 0.2) is 17.3 Å². The van der Waals surface area contributed by atoms with E-state index < -0.39 is 6.10 Å². The third kappa shape index (κ3) is 2.68. The van der Waals surface area contributed by atoms with E-state index in [9.17, 15) is 15.0 Å². The molecular formula is C17H15ClO5. The lowest BCUT2D eigenvalue weighted by Crippen LogP contribution is -2.21. The first-order valence-corrected chi connectivity index (χ1v) is 7.38. The molecule has 23 heavy (non-hydrogen) atoms. The summed E-state index contributed by atoms with van der Waals surface area (Å²) in [5.74, 6) is -0.931. The van der Waals surface area contributed by atoms with Crippen LogP contribution in [0.5, 0.6) is 23.0 Å². The molecule has 2 aromatic carbocycles. The highest BCUT2D eigenvalue weighted by Crippen LogP contribution is 2.49. The summed E-state index contributed by atoms with van der Waals surface area (Å²) in [6.07, 6.45) is -0.545. The summed E-state index contributed by atoms with van der Waals surface area (Å²) in [4.78, 5) is 12.4. The predicted molar refractivity (Wildman–Crippen MR) is 84.8 cm³/mol. The van der Waals surface area contributed by atoms with Crippen LogP contribution in [0.25, 0.3) is 0 Å². The van der Waals surface area contributed by atoms with Crippen LogP contribution in [0.3, 0.4) is 0 Å². The van der Waals surface area contributed by atoms with Gasteiger partial charge in [0, 0.05) is 11.1 Å². The molecule has 0 spiro atoms. The van der Waals surface area contributed by atoms with Crippen molar-refractivity contribution in [1.29, 1.82) is 0 Å². The van der Waals surface area contributed by atoms with Crippen molar-refractivity contribution in [3.8, 4) is 23.0 Å². The minimum absolute atomic E-state index is 0.0294. The Balaban J connectivity index is 2.09. The van der Waals surface area contributed by atoms with Crippen LogP contribution in [0.1, 0.15) is 34.0 Å². The Hall–Kier alpha value is -2.40. The van der Waals surface area contributed by atoms with E-state index >= 15 is 0 Å². The maximum absolute atomic E-state index is 12.4. The number of phenols is 2. The second-order valence-corrected chi connectivity index (χ2v) is 5.88. The van der Waals surface area contributed by atoms with Gasteiger partial charge in [0.2, 0.25) is 5.75 Å². The zero-order valence-corrected chi connectivity index (χ0v) is 13.3. The number of carbonyl (C=O) groups excluding carboxylic acids is 1. The van der Waals surface area contributed by atoms with Crippen LogP contribution in [0.4, 0.5) is 0 Å². The van der Waals surface area contributed by atoms with Gasteiger partial charge in [0.05, 0.1) is 13.5 Å². The molecule has 2 aromatic rings. The number of Topliss-reactive ketones (excluding diaryl/α,β-unsaturated/α-hetero) is 1. The Kier molecular flexibility index (Phi) is 3.82. The van der Waals surface area contributed by atoms with E-state index in [1.165, 1.54) is 13.2 Å². The molecule has 0 radical (unpaired) electrons. The van der Waals surface area contributed by atoms with Crippen molar-refractivity contribution < 1.29 is 24.5 Å². The summed E-state index contributed by atoms with van der Waals surface area (Å²) >= 11 is 6.06. The maximum Gasteiger partial charge on any atom is 0.201 e. The topological polar surface area (TPSA) is 76.0 Å². The van der Waals surface area contributed by atoms with Crippen molar-refractivity contribution in [1.82, 2.24) is 0 Å². The van der Waals surface area contributed by atoms with Crippen LogP contribution in [0.2, 0.25) is 5.02 Å². The van der Waals surface area contributed by atoms with Crippen LogP contribution >= 0.6 is 11.6 Å². The molecule has 3 rings (SSSR count). The molecule has 0 bridgehead atoms. The minimum atomic E-state index is -0.593. The summed E-state index contributed by atoms with van der Waals surface area (Å²) in [6, 6.07) is 6.58. The number of hydrogen-bond donors (Lipinski definition) is 2. The van der Waals surface area contributed by atoms with Gasteiger partial charge in [0.25, 0.3) is 0 Å². The normalized spacial score (nSPS) is 16.7. The summed E-state index contributed by atoms with van der Waals surface area (Å²) < 4.78 is 10.8. The third-order valence-electron chi connectivity index (χ3n) is 3.77. The number of ketones is 1. The molecular weight excluding hydrogens is 320 g/mol. The van der Waals surface area contributed by atoms with Gasteiger partial charge in [0.1, 0.15) is 17.4 Å². The fraction of sp³-hybridized carbons (Fsp3) is 0.235. The quantitative estimate of drug-likeness (QED) is 0.817. The summed E-state index contributed by atoms with van der Waals surface area (Å²) in [6.45, 7) is 1.89. The molecule has 6 heteroatoms. The van der Waals surface area contributed by atoms with Gasteiger partial charge in [-0.1, -0.05) is 17.7 Å². The van der Waals surface area contributed by atoms with E-state index in [2.05, 4.69) is 0 Å². The lowest BCUT2D eigenvalue weighted by atomic mass is 9.94. The van der Waals surface area contributed by atoms with Gasteiger partial charge < -0.3 is 19.7 Å². The molecule has 0 saturated carbocycles. The summed E-state index contributed by atoms with van der Waals surface area (Å²) in [5, 5.41) is 20.7. The lowest BCUT2D eigenvalue weighted by Gasteiger charge is -2.27. The predicted octanol–water partition coefficient (Wildman–Crippen LogP) is 3.77. The maximum atomic E-state index is 12.4. The van der Waals surface area contributed by atoms with Crippen molar-refractivity contribution in [3.63, 3.8) is 0 Å². The molecule has 1 aliphatic heterocycles. The Labute approximate surface area is 138 Å². The molecule has 1 unspecified atom stereocenters. The molecule has 0 amide bonds. The average molecular weight is 335 g/mol. The molecule has 2 N–H and O–H groups in total. The van der Waals surface area contributed by atoms with E-state index in [4.69, 9.17) is 21.1 Å². The molecule has 120 valence electrons. The van der Waals surface area contributed by atoms with Gasteiger partial charge >= 0.3 is 0 Å². The first-order chi connectivity index (χ1) is 10.9. The highest BCUT2D eigenvalue weighted by Gasteiger charge is 2.34.